The van der Waals surface area contributed by atoms with E-state index >= 15 is 0 Å². The molecule has 1 aromatic carbocycles. The second-order valence-corrected chi connectivity index (χ2v) is 4.35. The number of aromatic nitrogens is 1. The number of pyridine rings is 1. The fraction of sp³-hybridized carbons (Fsp3) is 0.200. The summed E-state index contributed by atoms with van der Waals surface area (Å²) in [6.45, 7) is 3.60. The Bertz CT molecular complexity index is 609. The van der Waals surface area contributed by atoms with Gasteiger partial charge in [0.1, 0.15) is 12.4 Å². The molecule has 0 unspecified atom stereocenters. The van der Waals surface area contributed by atoms with Gasteiger partial charge in [-0.3, -0.25) is 4.79 Å². The summed E-state index contributed by atoms with van der Waals surface area (Å²) in [6.07, 6.45) is 0. The predicted molar refractivity (Wildman–Crippen MR) is 74.3 cm³/mol. The molecule has 0 bridgehead atoms. The number of nitrogens with zero attached hydrogens (tertiary/aromatic N) is 1. The molecule has 0 aliphatic carbocycles. The lowest BCUT2D eigenvalue weighted by molar-refractivity contribution is -0.142. The van der Waals surface area contributed by atoms with Crippen molar-refractivity contribution in [3.63, 3.8) is 0 Å². The average molecular weight is 256 g/mol. The normalized spacial score (nSPS) is 10.2. The number of carbonyl (C=O) groups excluding carboxylic acids is 1. The van der Waals surface area contributed by atoms with Crippen molar-refractivity contribution in [1.82, 2.24) is 4.98 Å². The van der Waals surface area contributed by atoms with Crippen molar-refractivity contribution in [2.75, 3.05) is 5.73 Å². The number of carbonyl (C=O) groups is 1. The minimum absolute atomic E-state index is 0.282. The Morgan fingerprint density at radius 2 is 2.11 bits per heavy atom. The number of nitrogen functional groups attached to an aromatic ring is 1. The Hall–Kier alpha value is -2.36. The van der Waals surface area contributed by atoms with Gasteiger partial charge in [0, 0.05) is 18.2 Å². The number of hydrogen-bond donors (Lipinski definition) is 1. The highest BCUT2D eigenvalue weighted by Crippen LogP contribution is 2.24. The SMILES string of the molecule is CC(=O)OCc1cccc(-c2ccc(N)nc2C)c1. The standard InChI is InChI=1S/C15H16N2O2/c1-10-14(6-7-15(16)17-10)13-5-3-4-12(8-13)9-19-11(2)18/h3-8H,9H2,1-2H3,(H2,16,17). The summed E-state index contributed by atoms with van der Waals surface area (Å²) in [5.41, 5.74) is 9.54. The molecule has 1 aromatic heterocycles. The molecule has 0 saturated heterocycles. The summed E-state index contributed by atoms with van der Waals surface area (Å²) in [7, 11) is 0. The Balaban J connectivity index is 2.29. The molecule has 0 atom stereocenters. The lowest BCUT2D eigenvalue weighted by Gasteiger charge is -2.08. The first-order chi connectivity index (χ1) is 9.06. The Morgan fingerprint density at radius 1 is 1.32 bits per heavy atom. The second-order valence-electron chi connectivity index (χ2n) is 4.35. The maximum Gasteiger partial charge on any atom is 0.302 e. The van der Waals surface area contributed by atoms with Crippen molar-refractivity contribution < 1.29 is 9.53 Å². The van der Waals surface area contributed by atoms with E-state index < -0.39 is 0 Å². The molecule has 0 aliphatic heterocycles. The molecule has 0 fully saturated rings. The minimum Gasteiger partial charge on any atom is -0.461 e. The zero-order valence-corrected chi connectivity index (χ0v) is 11.0. The highest BCUT2D eigenvalue weighted by atomic mass is 16.5. The van der Waals surface area contributed by atoms with Gasteiger partial charge in [0.05, 0.1) is 0 Å². The van der Waals surface area contributed by atoms with Gasteiger partial charge >= 0.3 is 5.97 Å². The van der Waals surface area contributed by atoms with Crippen molar-refractivity contribution >= 4 is 11.8 Å². The van der Waals surface area contributed by atoms with E-state index in [1.165, 1.54) is 6.92 Å². The van der Waals surface area contributed by atoms with Gasteiger partial charge in [-0.05, 0) is 36.2 Å². The molecule has 0 aliphatic rings. The second kappa shape index (κ2) is 5.52. The van der Waals surface area contributed by atoms with Gasteiger partial charge in [-0.15, -0.1) is 0 Å². The summed E-state index contributed by atoms with van der Waals surface area (Å²) < 4.78 is 4.99. The number of aryl methyl sites for hydroxylation is 1. The van der Waals surface area contributed by atoms with Gasteiger partial charge in [0.2, 0.25) is 0 Å². The maximum atomic E-state index is 10.8. The van der Waals surface area contributed by atoms with Gasteiger partial charge in [-0.25, -0.2) is 4.98 Å². The number of anilines is 1. The highest BCUT2D eigenvalue weighted by Gasteiger charge is 2.05. The van der Waals surface area contributed by atoms with Gasteiger partial charge in [-0.2, -0.15) is 0 Å². The third-order valence-corrected chi connectivity index (χ3v) is 2.79. The van der Waals surface area contributed by atoms with Crippen LogP contribution in [0.15, 0.2) is 36.4 Å². The molecule has 4 heteroatoms. The van der Waals surface area contributed by atoms with Gasteiger partial charge < -0.3 is 10.5 Å². The van der Waals surface area contributed by atoms with Crippen LogP contribution in [-0.2, 0) is 16.1 Å². The van der Waals surface area contributed by atoms with E-state index in [9.17, 15) is 4.79 Å². The fourth-order valence-corrected chi connectivity index (χ4v) is 1.90. The number of rotatable bonds is 3. The van der Waals surface area contributed by atoms with Crippen molar-refractivity contribution in [2.45, 2.75) is 20.5 Å². The molecule has 19 heavy (non-hydrogen) atoms. The zero-order chi connectivity index (χ0) is 13.8. The lowest BCUT2D eigenvalue weighted by atomic mass is 10.0. The topological polar surface area (TPSA) is 65.2 Å². The van der Waals surface area contributed by atoms with Crippen LogP contribution in [0.25, 0.3) is 11.1 Å². The van der Waals surface area contributed by atoms with E-state index in [0.29, 0.717) is 5.82 Å². The Kier molecular flexibility index (Phi) is 3.80. The lowest BCUT2D eigenvalue weighted by Crippen LogP contribution is -1.99. The van der Waals surface area contributed by atoms with Gasteiger partial charge in [0.15, 0.2) is 0 Å². The van der Waals surface area contributed by atoms with E-state index in [4.69, 9.17) is 10.5 Å². The molecule has 98 valence electrons. The number of esters is 1. The first-order valence-electron chi connectivity index (χ1n) is 6.02. The third-order valence-electron chi connectivity index (χ3n) is 2.79. The van der Waals surface area contributed by atoms with Gasteiger partial charge in [-0.1, -0.05) is 18.2 Å². The number of ether oxygens (including phenoxy) is 1. The first kappa shape index (κ1) is 13.1. The minimum atomic E-state index is -0.282. The van der Waals surface area contributed by atoms with Crippen LogP contribution in [0.3, 0.4) is 0 Å². The van der Waals surface area contributed by atoms with Crippen LogP contribution in [0.1, 0.15) is 18.2 Å². The quantitative estimate of drug-likeness (QED) is 0.857. The van der Waals surface area contributed by atoms with Crippen molar-refractivity contribution in [2.24, 2.45) is 0 Å². The first-order valence-corrected chi connectivity index (χ1v) is 6.02. The number of hydrogen-bond acceptors (Lipinski definition) is 4. The molecule has 0 spiro atoms. The molecule has 0 amide bonds. The van der Waals surface area contributed by atoms with E-state index in [0.717, 1.165) is 22.4 Å². The average Bonchev–Trinajstić information content (AvgIpc) is 2.36. The van der Waals surface area contributed by atoms with E-state index in [2.05, 4.69) is 4.98 Å². The molecule has 0 saturated carbocycles. The molecular formula is C15H16N2O2. The Labute approximate surface area is 112 Å². The van der Waals surface area contributed by atoms with Crippen molar-refractivity contribution in [1.29, 1.82) is 0 Å². The molecule has 4 nitrogen and oxygen atoms in total. The molecule has 2 N–H and O–H groups in total. The molecule has 1 heterocycles. The molecule has 0 radical (unpaired) electrons. The zero-order valence-electron chi connectivity index (χ0n) is 11.0. The number of benzene rings is 1. The van der Waals surface area contributed by atoms with Crippen LogP contribution < -0.4 is 5.73 Å². The van der Waals surface area contributed by atoms with Gasteiger partial charge in [0.25, 0.3) is 0 Å². The summed E-state index contributed by atoms with van der Waals surface area (Å²) in [6, 6.07) is 11.6. The van der Waals surface area contributed by atoms with Crippen molar-refractivity contribution in [3.05, 3.63) is 47.7 Å². The fourth-order valence-electron chi connectivity index (χ4n) is 1.90. The highest BCUT2D eigenvalue weighted by molar-refractivity contribution is 5.68. The molecular weight excluding hydrogens is 240 g/mol. The van der Waals surface area contributed by atoms with Crippen molar-refractivity contribution in [3.8, 4) is 11.1 Å². The summed E-state index contributed by atoms with van der Waals surface area (Å²) in [4.78, 5) is 15.1. The largest absolute Gasteiger partial charge is 0.461 e. The van der Waals surface area contributed by atoms with E-state index in [-0.39, 0.29) is 12.6 Å². The summed E-state index contributed by atoms with van der Waals surface area (Å²) >= 11 is 0. The molecule has 2 rings (SSSR count). The van der Waals surface area contributed by atoms with Crippen LogP contribution in [0, 0.1) is 6.92 Å². The van der Waals surface area contributed by atoms with E-state index in [1.807, 2.05) is 37.3 Å². The number of nitrogens with two attached hydrogens (primary N) is 1. The van der Waals surface area contributed by atoms with Crippen LogP contribution in [-0.4, -0.2) is 11.0 Å². The van der Waals surface area contributed by atoms with Crippen LogP contribution in [0.4, 0.5) is 5.82 Å². The van der Waals surface area contributed by atoms with E-state index in [1.54, 1.807) is 6.07 Å². The monoisotopic (exact) mass is 256 g/mol. The maximum absolute atomic E-state index is 10.8. The summed E-state index contributed by atoms with van der Waals surface area (Å²) in [5.74, 6) is 0.230. The van der Waals surface area contributed by atoms with Crippen LogP contribution in [0.2, 0.25) is 0 Å². The predicted octanol–water partition coefficient (Wildman–Crippen LogP) is 2.70. The van der Waals surface area contributed by atoms with Crippen LogP contribution in [0.5, 0.6) is 0 Å². The Morgan fingerprint density at radius 3 is 2.79 bits per heavy atom. The third kappa shape index (κ3) is 3.31. The smallest absolute Gasteiger partial charge is 0.302 e. The summed E-state index contributed by atoms with van der Waals surface area (Å²) in [5, 5.41) is 0. The molecule has 2 aromatic rings. The van der Waals surface area contributed by atoms with Crippen LogP contribution >= 0.6 is 0 Å².